The van der Waals surface area contributed by atoms with Crippen molar-refractivity contribution in [2.24, 2.45) is 0 Å². The quantitative estimate of drug-likeness (QED) is 0.668. The fourth-order valence-electron chi connectivity index (χ4n) is 0.574. The van der Waals surface area contributed by atoms with Crippen LogP contribution in [0.5, 0.6) is 0 Å². The predicted molar refractivity (Wildman–Crippen MR) is 66.3 cm³/mol. The Morgan fingerprint density at radius 3 is 1.64 bits per heavy atom. The maximum absolute atomic E-state index is 5.05. The molecule has 4 nitrogen and oxygen atoms in total. The third-order valence-electron chi connectivity index (χ3n) is 1.12. The lowest BCUT2D eigenvalue weighted by Gasteiger charge is -1.89. The van der Waals surface area contributed by atoms with Gasteiger partial charge in [0.2, 0.25) is 0 Å². The van der Waals surface area contributed by atoms with Gasteiger partial charge in [0.15, 0.2) is 10.1 Å². The first kappa shape index (κ1) is 10.8. The molecule has 0 spiro atoms. The molecule has 0 unspecified atom stereocenters. The molecule has 0 aliphatic carbocycles. The van der Waals surface area contributed by atoms with Gasteiger partial charge in [-0.2, -0.15) is 10.2 Å². The molecule has 0 aliphatic rings. The van der Waals surface area contributed by atoms with Gasteiger partial charge in [-0.3, -0.25) is 0 Å². The van der Waals surface area contributed by atoms with Gasteiger partial charge in [-0.25, -0.2) is 8.98 Å². The number of rotatable bonds is 3. The summed E-state index contributed by atoms with van der Waals surface area (Å²) in [5.41, 5.74) is 0. The Bertz CT molecular complexity index is 470. The summed E-state index contributed by atoms with van der Waals surface area (Å²) in [6.45, 7) is 0. The standard InChI is InChI=1S/C4H2N4S6/c9-3-1(5-7-11-3)13-14-2-4(10)12-8-6-2/h7-8H. The molecule has 74 valence electrons. The van der Waals surface area contributed by atoms with Gasteiger partial charge in [0.25, 0.3) is 0 Å². The molecule has 0 saturated carbocycles. The summed E-state index contributed by atoms with van der Waals surface area (Å²) in [4.78, 5) is 0. The van der Waals surface area contributed by atoms with Crippen molar-refractivity contribution < 1.29 is 0 Å². The molecule has 2 aromatic heterocycles. The number of hydrogen-bond acceptors (Lipinski definition) is 8. The van der Waals surface area contributed by atoms with E-state index in [1.54, 1.807) is 0 Å². The molecular weight excluding hydrogens is 296 g/mol. The fraction of sp³-hybridized carbons (Fsp3) is 0. The van der Waals surface area contributed by atoms with Gasteiger partial charge in [0.05, 0.1) is 0 Å². The summed E-state index contributed by atoms with van der Waals surface area (Å²) in [6, 6.07) is 0. The average Bonchev–Trinajstić information content (AvgIpc) is 2.72. The molecule has 2 heterocycles. The first-order chi connectivity index (χ1) is 6.77. The van der Waals surface area contributed by atoms with Crippen LogP contribution in [0.15, 0.2) is 10.1 Å². The van der Waals surface area contributed by atoms with Crippen LogP contribution in [0.1, 0.15) is 0 Å². The van der Waals surface area contributed by atoms with E-state index in [0.717, 1.165) is 17.7 Å². The second-order valence-electron chi connectivity index (χ2n) is 1.96. The molecule has 0 radical (unpaired) electrons. The molecule has 2 aromatic rings. The molecule has 0 fully saturated rings. The van der Waals surface area contributed by atoms with Crippen LogP contribution in [0.2, 0.25) is 0 Å². The molecule has 0 saturated heterocycles. The van der Waals surface area contributed by atoms with E-state index >= 15 is 0 Å². The minimum atomic E-state index is 0.757. The minimum Gasteiger partial charge on any atom is -0.230 e. The van der Waals surface area contributed by atoms with E-state index < -0.39 is 0 Å². The number of H-pyrrole nitrogens is 2. The maximum atomic E-state index is 5.05. The summed E-state index contributed by atoms with van der Waals surface area (Å²) in [5.74, 6) is 0. The highest BCUT2D eigenvalue weighted by Gasteiger charge is 2.05. The van der Waals surface area contributed by atoms with Gasteiger partial charge in [-0.05, 0) is 44.7 Å². The van der Waals surface area contributed by atoms with Crippen molar-refractivity contribution >= 4 is 69.1 Å². The van der Waals surface area contributed by atoms with E-state index in [-0.39, 0.29) is 0 Å². The van der Waals surface area contributed by atoms with Crippen LogP contribution in [0.25, 0.3) is 0 Å². The van der Waals surface area contributed by atoms with E-state index in [1.165, 1.54) is 44.7 Å². The van der Waals surface area contributed by atoms with Crippen LogP contribution in [-0.2, 0) is 0 Å². The van der Waals surface area contributed by atoms with Crippen LogP contribution in [0, 0.1) is 7.65 Å². The number of aromatic nitrogens is 4. The van der Waals surface area contributed by atoms with Crippen LogP contribution >= 0.6 is 69.1 Å². The van der Waals surface area contributed by atoms with E-state index in [4.69, 9.17) is 24.4 Å². The minimum absolute atomic E-state index is 0.757. The molecule has 0 atom stereocenters. The SMILES string of the molecule is S=c1s[nH]nc1SSc1n[nH]sc1=S. The highest BCUT2D eigenvalue weighted by molar-refractivity contribution is 8.76. The van der Waals surface area contributed by atoms with Crippen molar-refractivity contribution in [1.29, 1.82) is 0 Å². The van der Waals surface area contributed by atoms with Crippen LogP contribution < -0.4 is 0 Å². The average molecular weight is 298 g/mol. The van der Waals surface area contributed by atoms with Gasteiger partial charge in [0.1, 0.15) is 7.65 Å². The van der Waals surface area contributed by atoms with Crippen LogP contribution in [0.4, 0.5) is 0 Å². The van der Waals surface area contributed by atoms with Gasteiger partial charge in [0, 0.05) is 0 Å². The molecule has 0 aromatic carbocycles. The Balaban J connectivity index is 2.09. The number of aromatic amines is 2. The van der Waals surface area contributed by atoms with Gasteiger partial charge in [-0.15, -0.1) is 0 Å². The summed E-state index contributed by atoms with van der Waals surface area (Å²) >= 11 is 12.8. The van der Waals surface area contributed by atoms with Gasteiger partial charge < -0.3 is 0 Å². The lowest BCUT2D eigenvalue weighted by atomic mass is 11.0. The van der Waals surface area contributed by atoms with Crippen molar-refractivity contribution in [2.45, 2.75) is 10.1 Å². The van der Waals surface area contributed by atoms with Gasteiger partial charge >= 0.3 is 0 Å². The molecule has 0 bridgehead atoms. The largest absolute Gasteiger partial charge is 0.230 e. The summed E-state index contributed by atoms with van der Waals surface area (Å²) < 4.78 is 7.00. The Morgan fingerprint density at radius 1 is 0.929 bits per heavy atom. The molecule has 0 aliphatic heterocycles. The summed E-state index contributed by atoms with van der Waals surface area (Å²) in [5, 5.41) is 9.62. The zero-order chi connectivity index (χ0) is 9.97. The normalized spacial score (nSPS) is 10.6. The second kappa shape index (κ2) is 4.86. The van der Waals surface area contributed by atoms with Crippen molar-refractivity contribution in [3.8, 4) is 0 Å². The lowest BCUT2D eigenvalue weighted by Crippen LogP contribution is -1.71. The number of nitrogens with one attached hydrogen (secondary N) is 2. The number of hydrogen-bond donors (Lipinski definition) is 2. The van der Waals surface area contributed by atoms with Crippen molar-refractivity contribution in [3.05, 3.63) is 7.65 Å². The highest BCUT2D eigenvalue weighted by Crippen LogP contribution is 2.37. The van der Waals surface area contributed by atoms with Crippen molar-refractivity contribution in [2.75, 3.05) is 0 Å². The third kappa shape index (κ3) is 2.44. The molecule has 10 heteroatoms. The molecule has 14 heavy (non-hydrogen) atoms. The fourth-order valence-corrected chi connectivity index (χ4v) is 4.75. The molecular formula is C4H2N4S6. The van der Waals surface area contributed by atoms with E-state index in [0.29, 0.717) is 0 Å². The van der Waals surface area contributed by atoms with E-state index in [2.05, 4.69) is 19.2 Å². The highest BCUT2D eigenvalue weighted by atomic mass is 33.1. The summed E-state index contributed by atoms with van der Waals surface area (Å²) in [7, 11) is 2.93. The zero-order valence-corrected chi connectivity index (χ0v) is 11.2. The molecule has 2 N–H and O–H groups in total. The Labute approximate surface area is 105 Å². The Morgan fingerprint density at radius 2 is 1.36 bits per heavy atom. The topological polar surface area (TPSA) is 57.4 Å². The number of nitrogens with zero attached hydrogens (tertiary/aromatic N) is 2. The van der Waals surface area contributed by atoms with Crippen LogP contribution in [-0.4, -0.2) is 19.2 Å². The zero-order valence-electron chi connectivity index (χ0n) is 6.34. The summed E-state index contributed by atoms with van der Waals surface area (Å²) in [6.07, 6.45) is 0. The third-order valence-corrected chi connectivity index (χ3v) is 5.83. The first-order valence-corrected chi connectivity index (χ1v) is 7.79. The van der Waals surface area contributed by atoms with Crippen molar-refractivity contribution in [3.63, 3.8) is 0 Å². The Hall–Kier alpha value is 0.260. The smallest absolute Gasteiger partial charge is 0.158 e. The monoisotopic (exact) mass is 298 g/mol. The van der Waals surface area contributed by atoms with E-state index in [1.807, 2.05) is 0 Å². The molecule has 0 amide bonds. The molecule has 2 rings (SSSR count). The lowest BCUT2D eigenvalue weighted by molar-refractivity contribution is 1.03. The van der Waals surface area contributed by atoms with Gasteiger partial charge in [-0.1, -0.05) is 24.4 Å². The van der Waals surface area contributed by atoms with Crippen molar-refractivity contribution in [1.82, 2.24) is 19.2 Å². The van der Waals surface area contributed by atoms with E-state index in [9.17, 15) is 0 Å². The first-order valence-electron chi connectivity index (χ1n) is 3.19. The second-order valence-corrected chi connectivity index (χ2v) is 6.99. The predicted octanol–water partition coefficient (Wildman–Crippen LogP) is 3.51. The van der Waals surface area contributed by atoms with Crippen LogP contribution in [0.3, 0.4) is 0 Å². The Kier molecular flexibility index (Phi) is 3.73. The maximum Gasteiger partial charge on any atom is 0.158 e.